The Bertz CT molecular complexity index is 1040. The summed E-state index contributed by atoms with van der Waals surface area (Å²) < 4.78 is 36.4. The lowest BCUT2D eigenvalue weighted by atomic mass is 9.95. The van der Waals surface area contributed by atoms with Gasteiger partial charge in [0, 0.05) is 5.41 Å². The molecule has 3 nitrogen and oxygen atoms in total. The molecule has 0 saturated heterocycles. The van der Waals surface area contributed by atoms with Crippen molar-refractivity contribution in [1.82, 2.24) is 0 Å². The molecule has 25 heavy (non-hydrogen) atoms. The summed E-state index contributed by atoms with van der Waals surface area (Å²) in [4.78, 5) is 0.0753. The van der Waals surface area contributed by atoms with Gasteiger partial charge >= 0.3 is 0 Å². The molecule has 6 heteroatoms. The Hall–Kier alpha value is -1.95. The molecule has 1 saturated carbocycles. The van der Waals surface area contributed by atoms with Crippen LogP contribution in [0.4, 0.5) is 4.39 Å². The van der Waals surface area contributed by atoms with Crippen molar-refractivity contribution >= 4 is 32.8 Å². The Morgan fingerprint density at radius 1 is 0.960 bits per heavy atom. The van der Waals surface area contributed by atoms with E-state index < -0.39 is 15.8 Å². The highest BCUT2D eigenvalue weighted by Crippen LogP contribution is 2.57. The zero-order valence-electron chi connectivity index (χ0n) is 13.2. The first-order valence-electron chi connectivity index (χ1n) is 7.82. The van der Waals surface area contributed by atoms with Crippen molar-refractivity contribution in [3.8, 4) is 0 Å². The fourth-order valence-electron chi connectivity index (χ4n) is 3.17. The highest BCUT2D eigenvalue weighted by atomic mass is 35.5. The zero-order valence-corrected chi connectivity index (χ0v) is 14.7. The van der Waals surface area contributed by atoms with Gasteiger partial charge in [0.1, 0.15) is 5.82 Å². The predicted octanol–water partition coefficient (Wildman–Crippen LogP) is 4.39. The van der Waals surface area contributed by atoms with Gasteiger partial charge in [0.25, 0.3) is 0 Å². The fourth-order valence-corrected chi connectivity index (χ4v) is 3.87. The van der Waals surface area contributed by atoms with Crippen LogP contribution >= 0.6 is 11.6 Å². The normalized spacial score (nSPS) is 18.2. The molecule has 128 valence electrons. The maximum atomic E-state index is 13.5. The third kappa shape index (κ3) is 3.03. The first-order valence-corrected chi connectivity index (χ1v) is 9.75. The summed E-state index contributed by atoms with van der Waals surface area (Å²) in [5.41, 5.74) is 3.79. The smallest absolute Gasteiger partial charge is 0.225 e. The molecule has 2 aromatic carbocycles. The first-order chi connectivity index (χ1) is 11.8. The van der Waals surface area contributed by atoms with Gasteiger partial charge in [0.15, 0.2) is 0 Å². The molecule has 0 bridgehead atoms. The van der Waals surface area contributed by atoms with E-state index in [0.29, 0.717) is 0 Å². The minimum absolute atomic E-state index is 0.0597. The highest BCUT2D eigenvalue weighted by molar-refractivity contribution is 7.89. The number of benzene rings is 2. The van der Waals surface area contributed by atoms with Crippen molar-refractivity contribution in [3.63, 3.8) is 0 Å². The third-order valence-corrected chi connectivity index (χ3v) is 5.92. The number of hydrogen-bond donors (Lipinski definition) is 1. The molecule has 1 fully saturated rings. The molecule has 0 atom stereocenters. The lowest BCUT2D eigenvalue weighted by Crippen LogP contribution is -2.11. The van der Waals surface area contributed by atoms with E-state index in [1.165, 1.54) is 18.2 Å². The lowest BCUT2D eigenvalue weighted by Gasteiger charge is -2.11. The minimum Gasteiger partial charge on any atom is -0.225 e. The highest BCUT2D eigenvalue weighted by Gasteiger charge is 2.43. The van der Waals surface area contributed by atoms with E-state index in [-0.39, 0.29) is 15.3 Å². The van der Waals surface area contributed by atoms with Gasteiger partial charge in [0.05, 0.1) is 9.92 Å². The first kappa shape index (κ1) is 16.5. The summed E-state index contributed by atoms with van der Waals surface area (Å²) in [6.45, 7) is 0. The molecule has 1 spiro atoms. The van der Waals surface area contributed by atoms with Crippen LogP contribution in [0.25, 0.3) is 11.1 Å². The second kappa shape index (κ2) is 5.53. The van der Waals surface area contributed by atoms with Gasteiger partial charge in [-0.25, -0.2) is 17.9 Å². The van der Waals surface area contributed by atoms with Gasteiger partial charge in [-0.1, -0.05) is 42.0 Å². The van der Waals surface area contributed by atoms with Gasteiger partial charge in [-0.05, 0) is 59.4 Å². The van der Waals surface area contributed by atoms with Crippen LogP contribution in [0.5, 0.6) is 0 Å². The van der Waals surface area contributed by atoms with Crippen LogP contribution in [0.2, 0.25) is 5.02 Å². The molecule has 2 aromatic rings. The molecule has 0 aromatic heterocycles. The third-order valence-electron chi connectivity index (χ3n) is 4.71. The number of nitrogens with two attached hydrogens (primary N) is 1. The number of primary sulfonamides is 1. The maximum Gasteiger partial charge on any atom is 0.238 e. The molecular formula is C19H15ClFNO2S. The van der Waals surface area contributed by atoms with Crippen molar-refractivity contribution in [2.24, 2.45) is 10.6 Å². The lowest BCUT2D eigenvalue weighted by molar-refractivity contribution is 0.598. The molecule has 0 amide bonds. The van der Waals surface area contributed by atoms with Gasteiger partial charge in [0.2, 0.25) is 10.0 Å². The second-order valence-corrected chi connectivity index (χ2v) is 8.52. The predicted molar refractivity (Wildman–Crippen MR) is 96.8 cm³/mol. The van der Waals surface area contributed by atoms with Crippen LogP contribution in [-0.2, 0) is 10.0 Å². The summed E-state index contributed by atoms with van der Waals surface area (Å²) in [6.07, 6.45) is 6.54. The fraction of sp³-hybridized carbons (Fsp3) is 0.158. The van der Waals surface area contributed by atoms with Gasteiger partial charge in [-0.15, -0.1) is 0 Å². The van der Waals surface area contributed by atoms with E-state index >= 15 is 0 Å². The van der Waals surface area contributed by atoms with E-state index in [9.17, 15) is 12.8 Å². The molecule has 0 heterocycles. The van der Waals surface area contributed by atoms with Crippen LogP contribution < -0.4 is 5.14 Å². The average Bonchev–Trinajstić information content (AvgIpc) is 3.20. The molecule has 2 aliphatic carbocycles. The summed E-state index contributed by atoms with van der Waals surface area (Å²) in [7, 11) is -3.72. The van der Waals surface area contributed by atoms with Gasteiger partial charge < -0.3 is 0 Å². The minimum atomic E-state index is -3.72. The Morgan fingerprint density at radius 3 is 2.04 bits per heavy atom. The Balaban J connectivity index is 1.78. The van der Waals surface area contributed by atoms with Crippen molar-refractivity contribution in [1.29, 1.82) is 0 Å². The Morgan fingerprint density at radius 2 is 1.52 bits per heavy atom. The van der Waals surface area contributed by atoms with Crippen LogP contribution in [0, 0.1) is 11.2 Å². The Labute approximate surface area is 150 Å². The van der Waals surface area contributed by atoms with Crippen LogP contribution in [-0.4, -0.2) is 8.42 Å². The SMILES string of the molecule is NS(=O)(=O)c1ccc(C2=CC3(C=C2c2ccc(F)c(Cl)c2)CC3)cc1. The second-order valence-electron chi connectivity index (χ2n) is 6.55. The Kier molecular flexibility index (Phi) is 3.65. The number of halogens is 2. The molecule has 0 unspecified atom stereocenters. The summed E-state index contributed by atoms with van der Waals surface area (Å²) >= 11 is 5.94. The van der Waals surface area contributed by atoms with Crippen molar-refractivity contribution in [2.45, 2.75) is 17.7 Å². The molecule has 4 rings (SSSR count). The van der Waals surface area contributed by atoms with Crippen molar-refractivity contribution in [3.05, 3.63) is 76.6 Å². The van der Waals surface area contributed by atoms with E-state index in [0.717, 1.165) is 35.1 Å². The standard InChI is InChI=1S/C19H15ClFNO2S/c20-17-9-13(3-6-18(17)21)16-11-19(7-8-19)10-15(16)12-1-4-14(5-2-12)25(22,23)24/h1-6,9-11H,7-8H2,(H2,22,23,24). The molecule has 0 radical (unpaired) electrons. The van der Waals surface area contributed by atoms with Crippen molar-refractivity contribution in [2.75, 3.05) is 0 Å². The van der Waals surface area contributed by atoms with Crippen LogP contribution in [0.15, 0.2) is 59.5 Å². The van der Waals surface area contributed by atoms with E-state index in [1.807, 2.05) is 0 Å². The number of hydrogen-bond acceptors (Lipinski definition) is 2. The summed E-state index contributed by atoms with van der Waals surface area (Å²) in [5, 5.41) is 5.24. The monoisotopic (exact) mass is 375 g/mol. The molecule has 0 aliphatic heterocycles. The van der Waals surface area contributed by atoms with E-state index in [4.69, 9.17) is 16.7 Å². The quantitative estimate of drug-likeness (QED) is 0.864. The molecule has 2 N–H and O–H groups in total. The molecule has 2 aliphatic rings. The summed E-state index contributed by atoms with van der Waals surface area (Å²) in [6, 6.07) is 11.2. The number of rotatable bonds is 3. The zero-order chi connectivity index (χ0) is 17.8. The molecular weight excluding hydrogens is 361 g/mol. The average molecular weight is 376 g/mol. The van der Waals surface area contributed by atoms with E-state index in [2.05, 4.69) is 12.2 Å². The topological polar surface area (TPSA) is 60.2 Å². The maximum absolute atomic E-state index is 13.5. The summed E-state index contributed by atoms with van der Waals surface area (Å²) in [5.74, 6) is -0.451. The van der Waals surface area contributed by atoms with Crippen LogP contribution in [0.1, 0.15) is 24.0 Å². The number of sulfonamides is 1. The van der Waals surface area contributed by atoms with Gasteiger partial charge in [-0.3, -0.25) is 0 Å². The van der Waals surface area contributed by atoms with E-state index in [1.54, 1.807) is 24.3 Å². The van der Waals surface area contributed by atoms with Crippen molar-refractivity contribution < 1.29 is 12.8 Å². The van der Waals surface area contributed by atoms with Crippen LogP contribution in [0.3, 0.4) is 0 Å². The number of allylic oxidation sites excluding steroid dienone is 4. The largest absolute Gasteiger partial charge is 0.238 e. The van der Waals surface area contributed by atoms with Gasteiger partial charge in [-0.2, -0.15) is 0 Å².